The zero-order chi connectivity index (χ0) is 23.6. The van der Waals surface area contributed by atoms with Gasteiger partial charge in [-0.2, -0.15) is 13.2 Å². The number of carbonyl (C=O) groups excluding carboxylic acids is 1. The Morgan fingerprint density at radius 2 is 1.76 bits per heavy atom. The number of hydrogen-bond donors (Lipinski definition) is 3. The second kappa shape index (κ2) is 9.47. The quantitative estimate of drug-likeness (QED) is 0.416. The summed E-state index contributed by atoms with van der Waals surface area (Å²) >= 11 is 6.08. The molecule has 2 aromatic carbocycles. The van der Waals surface area contributed by atoms with E-state index in [1.807, 2.05) is 12.1 Å². The molecule has 3 N–H and O–H groups in total. The molecule has 1 aromatic heterocycles. The van der Waals surface area contributed by atoms with Crippen molar-refractivity contribution < 1.29 is 18.0 Å². The van der Waals surface area contributed by atoms with E-state index in [1.54, 1.807) is 25.2 Å². The number of carbonyl (C=O) groups is 1. The Labute approximate surface area is 194 Å². The van der Waals surface area contributed by atoms with Gasteiger partial charge in [0, 0.05) is 46.5 Å². The van der Waals surface area contributed by atoms with E-state index in [1.165, 1.54) is 12.1 Å². The number of halogens is 4. The fourth-order valence-corrected chi connectivity index (χ4v) is 4.32. The van der Waals surface area contributed by atoms with Crippen molar-refractivity contribution in [1.82, 2.24) is 10.3 Å². The minimum atomic E-state index is -4.54. The van der Waals surface area contributed by atoms with Crippen LogP contribution in [0.4, 0.5) is 24.5 Å². The van der Waals surface area contributed by atoms with Crippen molar-refractivity contribution in [1.29, 1.82) is 0 Å². The zero-order valence-corrected chi connectivity index (χ0v) is 18.7. The largest absolute Gasteiger partial charge is 0.433 e. The number of hydrogen-bond acceptors (Lipinski definition) is 4. The predicted molar refractivity (Wildman–Crippen MR) is 125 cm³/mol. The lowest BCUT2D eigenvalue weighted by atomic mass is 9.90. The highest BCUT2D eigenvalue weighted by atomic mass is 35.5. The Bertz CT molecular complexity index is 1160. The number of amides is 1. The van der Waals surface area contributed by atoms with Crippen LogP contribution in [0, 0.1) is 0 Å². The number of alkyl halides is 3. The van der Waals surface area contributed by atoms with E-state index in [0.717, 1.165) is 24.6 Å². The molecule has 0 bridgehead atoms. The molecule has 0 saturated heterocycles. The van der Waals surface area contributed by atoms with Crippen LogP contribution in [0.2, 0.25) is 5.02 Å². The summed E-state index contributed by atoms with van der Waals surface area (Å²) in [4.78, 5) is 16.3. The van der Waals surface area contributed by atoms with Crippen molar-refractivity contribution in [3.63, 3.8) is 0 Å². The number of benzene rings is 2. The van der Waals surface area contributed by atoms with Crippen LogP contribution in [-0.2, 0) is 6.18 Å². The number of nitrogens with one attached hydrogen (secondary N) is 3. The van der Waals surface area contributed by atoms with Crippen LogP contribution in [0.25, 0.3) is 10.9 Å². The maximum Gasteiger partial charge on any atom is 0.433 e. The van der Waals surface area contributed by atoms with Gasteiger partial charge in [-0.05, 0) is 68.1 Å². The van der Waals surface area contributed by atoms with Crippen LogP contribution in [0.3, 0.4) is 0 Å². The van der Waals surface area contributed by atoms with Crippen LogP contribution < -0.4 is 16.0 Å². The summed E-state index contributed by atoms with van der Waals surface area (Å²) in [6.07, 6.45) is -1.66. The van der Waals surface area contributed by atoms with E-state index >= 15 is 0 Å². The van der Waals surface area contributed by atoms with E-state index < -0.39 is 11.9 Å². The number of fused-ring (bicyclic) bond motifs is 1. The molecule has 0 radical (unpaired) electrons. The van der Waals surface area contributed by atoms with Crippen LogP contribution >= 0.6 is 11.6 Å². The SMILES string of the molecule is CNc1cccc(C(=O)NC2CCC(Nc3cc(C(F)(F)F)nc4ccc(Cl)cc34)CC2)c1. The summed E-state index contributed by atoms with van der Waals surface area (Å²) in [5, 5.41) is 10.3. The number of anilines is 2. The molecule has 1 aliphatic rings. The van der Waals surface area contributed by atoms with Crippen LogP contribution in [0.15, 0.2) is 48.5 Å². The van der Waals surface area contributed by atoms with Crippen molar-refractivity contribution in [2.45, 2.75) is 43.9 Å². The normalized spacial score (nSPS) is 18.7. The van der Waals surface area contributed by atoms with Gasteiger partial charge in [-0.1, -0.05) is 17.7 Å². The van der Waals surface area contributed by atoms with Gasteiger partial charge in [-0.3, -0.25) is 4.79 Å². The fourth-order valence-electron chi connectivity index (χ4n) is 4.15. The smallest absolute Gasteiger partial charge is 0.388 e. The Balaban J connectivity index is 1.43. The van der Waals surface area contributed by atoms with Crippen molar-refractivity contribution in [2.24, 2.45) is 0 Å². The average molecular weight is 477 g/mol. The number of pyridine rings is 1. The summed E-state index contributed by atoms with van der Waals surface area (Å²) < 4.78 is 40.1. The van der Waals surface area contributed by atoms with Gasteiger partial charge < -0.3 is 16.0 Å². The van der Waals surface area contributed by atoms with E-state index in [-0.39, 0.29) is 23.5 Å². The molecule has 1 heterocycles. The Hall–Kier alpha value is -3.00. The third-order valence-corrected chi connectivity index (χ3v) is 6.13. The first-order valence-corrected chi connectivity index (χ1v) is 11.1. The van der Waals surface area contributed by atoms with Gasteiger partial charge in [0.25, 0.3) is 5.91 Å². The van der Waals surface area contributed by atoms with E-state index in [2.05, 4.69) is 20.9 Å². The highest BCUT2D eigenvalue weighted by Crippen LogP contribution is 2.35. The number of rotatable bonds is 5. The Kier molecular flexibility index (Phi) is 6.65. The highest BCUT2D eigenvalue weighted by Gasteiger charge is 2.34. The predicted octanol–water partition coefficient (Wildman–Crippen LogP) is 6.10. The van der Waals surface area contributed by atoms with Gasteiger partial charge >= 0.3 is 6.18 Å². The van der Waals surface area contributed by atoms with Crippen LogP contribution in [0.5, 0.6) is 0 Å². The minimum Gasteiger partial charge on any atom is -0.388 e. The monoisotopic (exact) mass is 476 g/mol. The second-order valence-corrected chi connectivity index (χ2v) is 8.65. The van der Waals surface area contributed by atoms with Gasteiger partial charge in [0.1, 0.15) is 5.69 Å². The highest BCUT2D eigenvalue weighted by molar-refractivity contribution is 6.31. The molecule has 1 saturated carbocycles. The summed E-state index contributed by atoms with van der Waals surface area (Å²) in [6.45, 7) is 0. The maximum absolute atomic E-state index is 13.4. The Morgan fingerprint density at radius 1 is 1.03 bits per heavy atom. The van der Waals surface area contributed by atoms with Gasteiger partial charge in [-0.25, -0.2) is 4.98 Å². The molecule has 5 nitrogen and oxygen atoms in total. The molecular weight excluding hydrogens is 453 g/mol. The standard InChI is InChI=1S/C24H24ClF3N4O/c1-29-18-4-2-3-14(11-18)23(33)31-17-8-6-16(7-9-17)30-21-13-22(24(26,27)28)32-20-10-5-15(25)12-19(20)21/h2-5,10-13,16-17,29H,6-9H2,1H3,(H,30,32)(H,31,33). The zero-order valence-electron chi connectivity index (χ0n) is 18.0. The molecule has 4 rings (SSSR count). The van der Waals surface area contributed by atoms with Crippen molar-refractivity contribution in [3.8, 4) is 0 Å². The van der Waals surface area contributed by atoms with Crippen molar-refractivity contribution in [2.75, 3.05) is 17.7 Å². The molecule has 0 unspecified atom stereocenters. The third-order valence-electron chi connectivity index (χ3n) is 5.90. The van der Waals surface area contributed by atoms with E-state index in [4.69, 9.17) is 11.6 Å². The summed E-state index contributed by atoms with van der Waals surface area (Å²) in [6, 6.07) is 12.9. The fraction of sp³-hybridized carbons (Fsp3) is 0.333. The molecule has 1 aliphatic carbocycles. The molecule has 1 amide bonds. The first kappa shape index (κ1) is 23.2. The Morgan fingerprint density at radius 3 is 2.45 bits per heavy atom. The van der Waals surface area contributed by atoms with E-state index in [9.17, 15) is 18.0 Å². The maximum atomic E-state index is 13.4. The molecule has 0 atom stereocenters. The third kappa shape index (κ3) is 5.50. The summed E-state index contributed by atoms with van der Waals surface area (Å²) in [7, 11) is 1.79. The van der Waals surface area contributed by atoms with Gasteiger partial charge in [-0.15, -0.1) is 0 Å². The second-order valence-electron chi connectivity index (χ2n) is 8.21. The lowest BCUT2D eigenvalue weighted by Gasteiger charge is -2.31. The number of nitrogens with zero attached hydrogens (tertiary/aromatic N) is 1. The molecule has 3 aromatic rings. The summed E-state index contributed by atoms with van der Waals surface area (Å²) in [5.41, 5.74) is 1.11. The van der Waals surface area contributed by atoms with E-state index in [0.29, 0.717) is 34.5 Å². The molecule has 33 heavy (non-hydrogen) atoms. The van der Waals surface area contributed by atoms with Gasteiger partial charge in [0.05, 0.1) is 5.52 Å². The van der Waals surface area contributed by atoms with Gasteiger partial charge in [0.15, 0.2) is 0 Å². The molecule has 0 aliphatic heterocycles. The van der Waals surface area contributed by atoms with Crippen LogP contribution in [0.1, 0.15) is 41.7 Å². The number of aromatic nitrogens is 1. The molecule has 1 fully saturated rings. The topological polar surface area (TPSA) is 66.1 Å². The summed E-state index contributed by atoms with van der Waals surface area (Å²) in [5.74, 6) is -0.131. The molecule has 9 heteroatoms. The van der Waals surface area contributed by atoms with Gasteiger partial charge in [0.2, 0.25) is 0 Å². The average Bonchev–Trinajstić information content (AvgIpc) is 2.80. The first-order chi connectivity index (χ1) is 15.7. The van der Waals surface area contributed by atoms with Crippen LogP contribution in [-0.4, -0.2) is 30.0 Å². The minimum absolute atomic E-state index is 0.0168. The first-order valence-electron chi connectivity index (χ1n) is 10.8. The lowest BCUT2D eigenvalue weighted by molar-refractivity contribution is -0.140. The lowest BCUT2D eigenvalue weighted by Crippen LogP contribution is -2.40. The van der Waals surface area contributed by atoms with Crippen molar-refractivity contribution >= 4 is 39.8 Å². The molecule has 0 spiro atoms. The molecule has 174 valence electrons. The molecular formula is C24H24ClF3N4O. The van der Waals surface area contributed by atoms with Crippen molar-refractivity contribution in [3.05, 3.63) is 64.8 Å².